The number of aromatic amines is 1. The topological polar surface area (TPSA) is 114 Å². The largest absolute Gasteiger partial charge is 0.385 e. The molecule has 1 rings (SSSR count). The first-order valence-electron chi connectivity index (χ1n) is 3.30. The summed E-state index contributed by atoms with van der Waals surface area (Å²) >= 11 is 0. The summed E-state index contributed by atoms with van der Waals surface area (Å²) in [7, 11) is 0. The zero-order valence-corrected chi connectivity index (χ0v) is 5.99. The van der Waals surface area contributed by atoms with Gasteiger partial charge in [0.1, 0.15) is 6.10 Å². The molecule has 1 heterocycles. The maximum Gasteiger partial charge on any atom is 0.239 e. The van der Waals surface area contributed by atoms with Gasteiger partial charge < -0.3 is 16.6 Å². The highest BCUT2D eigenvalue weighted by Crippen LogP contribution is 2.10. The molecule has 1 atom stereocenters. The summed E-state index contributed by atoms with van der Waals surface area (Å²) < 4.78 is 0. The SMILES string of the molecule is NCC[C@H](O)c1nc(N)n[nH]1. The van der Waals surface area contributed by atoms with Crippen LogP contribution in [0.2, 0.25) is 0 Å². The van der Waals surface area contributed by atoms with Crippen molar-refractivity contribution >= 4 is 5.95 Å². The third kappa shape index (κ3) is 1.89. The van der Waals surface area contributed by atoms with Crippen LogP contribution in [0.15, 0.2) is 0 Å². The van der Waals surface area contributed by atoms with E-state index >= 15 is 0 Å². The van der Waals surface area contributed by atoms with Crippen molar-refractivity contribution in [1.29, 1.82) is 0 Å². The Morgan fingerprint density at radius 3 is 2.82 bits per heavy atom. The second-order valence-electron chi connectivity index (χ2n) is 2.17. The molecule has 62 valence electrons. The van der Waals surface area contributed by atoms with Crippen molar-refractivity contribution in [3.05, 3.63) is 5.82 Å². The van der Waals surface area contributed by atoms with E-state index in [1.54, 1.807) is 0 Å². The van der Waals surface area contributed by atoms with E-state index in [9.17, 15) is 5.11 Å². The van der Waals surface area contributed by atoms with Crippen LogP contribution in [0.3, 0.4) is 0 Å². The van der Waals surface area contributed by atoms with Gasteiger partial charge in [-0.2, -0.15) is 4.98 Å². The van der Waals surface area contributed by atoms with Gasteiger partial charge in [0.2, 0.25) is 5.95 Å². The second kappa shape index (κ2) is 3.31. The summed E-state index contributed by atoms with van der Waals surface area (Å²) in [5.41, 5.74) is 10.4. The third-order valence-electron chi connectivity index (χ3n) is 1.28. The predicted molar refractivity (Wildman–Crippen MR) is 39.4 cm³/mol. The molecule has 0 saturated heterocycles. The molecule has 0 amide bonds. The molecule has 1 aromatic rings. The van der Waals surface area contributed by atoms with Gasteiger partial charge in [0.05, 0.1) is 0 Å². The summed E-state index contributed by atoms with van der Waals surface area (Å²) in [5, 5.41) is 15.3. The Balaban J connectivity index is 2.60. The molecule has 6 nitrogen and oxygen atoms in total. The average Bonchev–Trinajstić information content (AvgIpc) is 2.36. The number of aliphatic hydroxyl groups is 1. The fourth-order valence-electron chi connectivity index (χ4n) is 0.732. The van der Waals surface area contributed by atoms with Crippen molar-refractivity contribution in [2.75, 3.05) is 12.3 Å². The standard InChI is InChI=1S/C5H11N5O/c6-2-1-3(11)4-8-5(7)10-9-4/h3,11H,1-2,6H2,(H3,7,8,9,10)/t3-/m0/s1. The van der Waals surface area contributed by atoms with Crippen molar-refractivity contribution < 1.29 is 5.11 Å². The first-order chi connectivity index (χ1) is 5.24. The van der Waals surface area contributed by atoms with E-state index in [2.05, 4.69) is 15.2 Å². The van der Waals surface area contributed by atoms with Gasteiger partial charge in [-0.05, 0) is 13.0 Å². The lowest BCUT2D eigenvalue weighted by atomic mass is 10.2. The van der Waals surface area contributed by atoms with E-state index < -0.39 is 6.10 Å². The molecule has 0 radical (unpaired) electrons. The molecule has 0 aromatic carbocycles. The fourth-order valence-corrected chi connectivity index (χ4v) is 0.732. The van der Waals surface area contributed by atoms with Crippen LogP contribution in [-0.2, 0) is 0 Å². The lowest BCUT2D eigenvalue weighted by Crippen LogP contribution is -2.08. The number of nitrogens with zero attached hydrogens (tertiary/aromatic N) is 2. The number of rotatable bonds is 3. The fraction of sp³-hybridized carbons (Fsp3) is 0.600. The monoisotopic (exact) mass is 157 g/mol. The summed E-state index contributed by atoms with van der Waals surface area (Å²) in [6.07, 6.45) is -0.237. The van der Waals surface area contributed by atoms with Crippen LogP contribution < -0.4 is 11.5 Å². The van der Waals surface area contributed by atoms with Crippen LogP contribution in [-0.4, -0.2) is 26.8 Å². The van der Waals surface area contributed by atoms with Gasteiger partial charge in [0.25, 0.3) is 0 Å². The van der Waals surface area contributed by atoms with E-state index in [1.807, 2.05) is 0 Å². The molecule has 0 unspecified atom stereocenters. The minimum absolute atomic E-state index is 0.135. The highest BCUT2D eigenvalue weighted by molar-refractivity contribution is 5.13. The van der Waals surface area contributed by atoms with Gasteiger partial charge in [-0.3, -0.25) is 5.10 Å². The molecule has 1 aromatic heterocycles. The van der Waals surface area contributed by atoms with Gasteiger partial charge >= 0.3 is 0 Å². The number of nitrogens with one attached hydrogen (secondary N) is 1. The molecular formula is C5H11N5O. The van der Waals surface area contributed by atoms with Crippen LogP contribution in [0.25, 0.3) is 0 Å². The number of aromatic nitrogens is 3. The Morgan fingerprint density at radius 2 is 2.36 bits per heavy atom. The Kier molecular flexibility index (Phi) is 2.40. The van der Waals surface area contributed by atoms with Crippen LogP contribution >= 0.6 is 0 Å². The number of aliphatic hydroxyl groups excluding tert-OH is 1. The molecule has 0 aliphatic carbocycles. The summed E-state index contributed by atoms with van der Waals surface area (Å²) in [5.74, 6) is 0.504. The molecule has 0 saturated carbocycles. The van der Waals surface area contributed by atoms with Gasteiger partial charge in [-0.1, -0.05) is 0 Å². The Hall–Kier alpha value is -1.14. The van der Waals surface area contributed by atoms with Gasteiger partial charge in [-0.15, -0.1) is 5.10 Å². The molecule has 0 aliphatic rings. The second-order valence-corrected chi connectivity index (χ2v) is 2.17. The molecule has 0 aliphatic heterocycles. The minimum Gasteiger partial charge on any atom is -0.385 e. The smallest absolute Gasteiger partial charge is 0.239 e. The summed E-state index contributed by atoms with van der Waals surface area (Å²) in [6, 6.07) is 0. The van der Waals surface area contributed by atoms with Crippen molar-refractivity contribution in [3.63, 3.8) is 0 Å². The number of hydrogen-bond donors (Lipinski definition) is 4. The maximum atomic E-state index is 9.26. The summed E-state index contributed by atoms with van der Waals surface area (Å²) in [6.45, 7) is 0.405. The lowest BCUT2D eigenvalue weighted by molar-refractivity contribution is 0.161. The normalized spacial score (nSPS) is 13.3. The summed E-state index contributed by atoms with van der Waals surface area (Å²) in [4.78, 5) is 3.73. The zero-order valence-electron chi connectivity index (χ0n) is 5.99. The predicted octanol–water partition coefficient (Wildman–Crippen LogP) is -1.23. The van der Waals surface area contributed by atoms with Gasteiger partial charge in [0, 0.05) is 0 Å². The number of H-pyrrole nitrogens is 1. The van der Waals surface area contributed by atoms with E-state index in [0.29, 0.717) is 18.8 Å². The van der Waals surface area contributed by atoms with Gasteiger partial charge in [0.15, 0.2) is 5.82 Å². The lowest BCUT2D eigenvalue weighted by Gasteiger charge is -2.02. The highest BCUT2D eigenvalue weighted by atomic mass is 16.3. The van der Waals surface area contributed by atoms with E-state index in [-0.39, 0.29) is 5.95 Å². The molecule has 0 spiro atoms. The molecule has 6 heteroatoms. The van der Waals surface area contributed by atoms with Crippen molar-refractivity contribution in [1.82, 2.24) is 15.2 Å². The van der Waals surface area contributed by atoms with Crippen LogP contribution in [0.5, 0.6) is 0 Å². The van der Waals surface area contributed by atoms with E-state index in [4.69, 9.17) is 11.5 Å². The molecule has 6 N–H and O–H groups in total. The van der Waals surface area contributed by atoms with Crippen LogP contribution in [0.1, 0.15) is 18.3 Å². The Morgan fingerprint density at radius 1 is 1.64 bits per heavy atom. The first-order valence-corrected chi connectivity index (χ1v) is 3.30. The van der Waals surface area contributed by atoms with Crippen LogP contribution in [0, 0.1) is 0 Å². The van der Waals surface area contributed by atoms with Crippen LogP contribution in [0.4, 0.5) is 5.95 Å². The number of nitrogens with two attached hydrogens (primary N) is 2. The molecule has 0 bridgehead atoms. The highest BCUT2D eigenvalue weighted by Gasteiger charge is 2.09. The minimum atomic E-state index is -0.690. The van der Waals surface area contributed by atoms with E-state index in [1.165, 1.54) is 0 Å². The van der Waals surface area contributed by atoms with Crippen molar-refractivity contribution in [2.24, 2.45) is 5.73 Å². The van der Waals surface area contributed by atoms with Gasteiger partial charge in [-0.25, -0.2) is 0 Å². The zero-order chi connectivity index (χ0) is 8.27. The number of anilines is 1. The number of nitrogen functional groups attached to an aromatic ring is 1. The quantitative estimate of drug-likeness (QED) is 0.438. The van der Waals surface area contributed by atoms with E-state index in [0.717, 1.165) is 0 Å². The Bertz CT molecular complexity index is 222. The average molecular weight is 157 g/mol. The molecular weight excluding hydrogens is 146 g/mol. The Labute approximate surface area is 63.6 Å². The molecule has 0 fully saturated rings. The molecule has 11 heavy (non-hydrogen) atoms. The number of hydrogen-bond acceptors (Lipinski definition) is 5. The van der Waals surface area contributed by atoms with Crippen molar-refractivity contribution in [2.45, 2.75) is 12.5 Å². The maximum absolute atomic E-state index is 9.26. The third-order valence-corrected chi connectivity index (χ3v) is 1.28. The first kappa shape index (κ1) is 7.96. The van der Waals surface area contributed by atoms with Crippen molar-refractivity contribution in [3.8, 4) is 0 Å².